The minimum atomic E-state index is 0.369. The van der Waals surface area contributed by atoms with Crippen LogP contribution in [0.5, 0.6) is 0 Å². The molecule has 3 heteroatoms. The van der Waals surface area contributed by atoms with E-state index in [9.17, 15) is 0 Å². The lowest BCUT2D eigenvalue weighted by Gasteiger charge is -2.11. The average molecular weight is 212 g/mol. The molecule has 1 unspecified atom stereocenters. The van der Waals surface area contributed by atoms with E-state index in [1.54, 1.807) is 0 Å². The average Bonchev–Trinajstić information content (AvgIpc) is 2.67. The molecule has 1 aliphatic heterocycles. The largest absolute Gasteiger partial charge is 0.382 e. The number of rotatable bonds is 3. The number of nitrogens with one attached hydrogen (secondary N) is 1. The molecule has 0 saturated carbocycles. The molecule has 76 valence electrons. The lowest BCUT2D eigenvalue weighted by molar-refractivity contribution is 0.120. The zero-order valence-corrected chi connectivity index (χ0v) is 8.76. The zero-order valence-electron chi connectivity index (χ0n) is 8.00. The third kappa shape index (κ3) is 2.63. The van der Waals surface area contributed by atoms with Crippen molar-refractivity contribution >= 4 is 17.3 Å². The first kappa shape index (κ1) is 9.81. The van der Waals surface area contributed by atoms with E-state index >= 15 is 0 Å². The van der Waals surface area contributed by atoms with Crippen LogP contribution in [0, 0.1) is 0 Å². The van der Waals surface area contributed by atoms with Crippen molar-refractivity contribution in [1.82, 2.24) is 0 Å². The first-order chi connectivity index (χ1) is 6.84. The molecule has 2 nitrogen and oxygen atoms in total. The highest BCUT2D eigenvalue weighted by Crippen LogP contribution is 2.17. The molecule has 1 atom stereocenters. The summed E-state index contributed by atoms with van der Waals surface area (Å²) < 4.78 is 5.51. The highest BCUT2D eigenvalue weighted by Gasteiger charge is 2.14. The lowest BCUT2D eigenvalue weighted by atomic mass is 10.2. The number of hydrogen-bond donors (Lipinski definition) is 1. The SMILES string of the molecule is Clc1cccc(NCC2CCCO2)c1. The molecule has 1 fully saturated rings. The Labute approximate surface area is 89.2 Å². The van der Waals surface area contributed by atoms with E-state index in [0.29, 0.717) is 6.10 Å². The minimum Gasteiger partial charge on any atom is -0.382 e. The zero-order chi connectivity index (χ0) is 9.80. The van der Waals surface area contributed by atoms with Gasteiger partial charge in [-0.2, -0.15) is 0 Å². The molecule has 1 N–H and O–H groups in total. The van der Waals surface area contributed by atoms with Gasteiger partial charge >= 0.3 is 0 Å². The number of ether oxygens (including phenoxy) is 1. The Morgan fingerprint density at radius 2 is 2.43 bits per heavy atom. The van der Waals surface area contributed by atoms with Crippen LogP contribution in [0.1, 0.15) is 12.8 Å². The predicted molar refractivity (Wildman–Crippen MR) is 58.9 cm³/mol. The van der Waals surface area contributed by atoms with Crippen molar-refractivity contribution in [3.8, 4) is 0 Å². The first-order valence-corrected chi connectivity index (χ1v) is 5.33. The Kier molecular flexibility index (Phi) is 3.27. The third-order valence-electron chi connectivity index (χ3n) is 2.38. The van der Waals surface area contributed by atoms with Gasteiger partial charge in [-0.25, -0.2) is 0 Å². The smallest absolute Gasteiger partial charge is 0.0748 e. The summed E-state index contributed by atoms with van der Waals surface area (Å²) in [6, 6.07) is 7.76. The second kappa shape index (κ2) is 4.67. The van der Waals surface area contributed by atoms with Gasteiger partial charge in [-0.1, -0.05) is 17.7 Å². The number of benzene rings is 1. The molecule has 0 radical (unpaired) electrons. The maximum Gasteiger partial charge on any atom is 0.0748 e. The Morgan fingerprint density at radius 1 is 1.50 bits per heavy atom. The summed E-state index contributed by atoms with van der Waals surface area (Å²) in [5.74, 6) is 0. The minimum absolute atomic E-state index is 0.369. The number of anilines is 1. The van der Waals surface area contributed by atoms with Crippen LogP contribution in [0.4, 0.5) is 5.69 Å². The van der Waals surface area contributed by atoms with Crippen LogP contribution in [0.15, 0.2) is 24.3 Å². The Morgan fingerprint density at radius 3 is 3.14 bits per heavy atom. The molecule has 1 aromatic rings. The van der Waals surface area contributed by atoms with Gasteiger partial charge in [0.15, 0.2) is 0 Å². The number of halogens is 1. The first-order valence-electron chi connectivity index (χ1n) is 4.95. The van der Waals surface area contributed by atoms with Gasteiger partial charge in [-0.15, -0.1) is 0 Å². The van der Waals surface area contributed by atoms with E-state index in [1.165, 1.54) is 6.42 Å². The van der Waals surface area contributed by atoms with E-state index in [1.807, 2.05) is 24.3 Å². The summed E-state index contributed by atoms with van der Waals surface area (Å²) in [6.07, 6.45) is 2.71. The van der Waals surface area contributed by atoms with E-state index in [-0.39, 0.29) is 0 Å². The van der Waals surface area contributed by atoms with Crippen LogP contribution in [0.25, 0.3) is 0 Å². The van der Waals surface area contributed by atoms with Crippen LogP contribution in [0.2, 0.25) is 5.02 Å². The molecular weight excluding hydrogens is 198 g/mol. The van der Waals surface area contributed by atoms with Gasteiger partial charge in [0.05, 0.1) is 6.10 Å². The highest BCUT2D eigenvalue weighted by atomic mass is 35.5. The van der Waals surface area contributed by atoms with Crippen molar-refractivity contribution in [3.63, 3.8) is 0 Å². The molecule has 0 amide bonds. The second-order valence-corrected chi connectivity index (χ2v) is 3.96. The summed E-state index contributed by atoms with van der Waals surface area (Å²) in [5.41, 5.74) is 1.06. The van der Waals surface area contributed by atoms with E-state index in [2.05, 4.69) is 5.32 Å². The van der Waals surface area contributed by atoms with Gasteiger partial charge in [0.25, 0.3) is 0 Å². The molecule has 1 aromatic carbocycles. The molecule has 1 heterocycles. The topological polar surface area (TPSA) is 21.3 Å². The quantitative estimate of drug-likeness (QED) is 0.830. The molecule has 0 spiro atoms. The van der Waals surface area contributed by atoms with Crippen molar-refractivity contribution in [2.75, 3.05) is 18.5 Å². The summed E-state index contributed by atoms with van der Waals surface area (Å²) in [6.45, 7) is 1.78. The van der Waals surface area contributed by atoms with Crippen LogP contribution in [0.3, 0.4) is 0 Å². The molecule has 0 aliphatic carbocycles. The van der Waals surface area contributed by atoms with Gasteiger partial charge in [-0.05, 0) is 31.0 Å². The Balaban J connectivity index is 1.85. The lowest BCUT2D eigenvalue weighted by Crippen LogP contribution is -2.18. The third-order valence-corrected chi connectivity index (χ3v) is 2.62. The molecule has 0 aromatic heterocycles. The molecule has 14 heavy (non-hydrogen) atoms. The maximum atomic E-state index is 5.87. The Hall–Kier alpha value is -0.730. The van der Waals surface area contributed by atoms with E-state index in [4.69, 9.17) is 16.3 Å². The normalized spacial score (nSPS) is 21.1. The van der Waals surface area contributed by atoms with E-state index < -0.39 is 0 Å². The summed E-state index contributed by atoms with van der Waals surface area (Å²) in [7, 11) is 0. The highest BCUT2D eigenvalue weighted by molar-refractivity contribution is 6.30. The van der Waals surface area contributed by atoms with Crippen molar-refractivity contribution in [3.05, 3.63) is 29.3 Å². The van der Waals surface area contributed by atoms with Crippen molar-refractivity contribution in [1.29, 1.82) is 0 Å². The van der Waals surface area contributed by atoms with Crippen LogP contribution >= 0.6 is 11.6 Å². The van der Waals surface area contributed by atoms with E-state index in [0.717, 1.165) is 30.3 Å². The summed E-state index contributed by atoms with van der Waals surface area (Å²) >= 11 is 5.87. The second-order valence-electron chi connectivity index (χ2n) is 3.53. The maximum absolute atomic E-state index is 5.87. The monoisotopic (exact) mass is 211 g/mol. The molecule has 2 rings (SSSR count). The van der Waals surface area contributed by atoms with Gasteiger partial charge in [0, 0.05) is 23.9 Å². The molecular formula is C11H14ClNO. The summed E-state index contributed by atoms with van der Waals surface area (Å²) in [5, 5.41) is 4.08. The Bertz CT molecular complexity index is 297. The fraction of sp³-hybridized carbons (Fsp3) is 0.455. The van der Waals surface area contributed by atoms with Gasteiger partial charge in [0.2, 0.25) is 0 Å². The molecule has 1 aliphatic rings. The van der Waals surface area contributed by atoms with Crippen LogP contribution in [-0.4, -0.2) is 19.3 Å². The standard InChI is InChI=1S/C11H14ClNO/c12-9-3-1-4-10(7-9)13-8-11-5-2-6-14-11/h1,3-4,7,11,13H,2,5-6,8H2. The van der Waals surface area contributed by atoms with Crippen LogP contribution in [-0.2, 0) is 4.74 Å². The number of hydrogen-bond acceptors (Lipinski definition) is 2. The van der Waals surface area contributed by atoms with Crippen LogP contribution < -0.4 is 5.32 Å². The summed E-state index contributed by atoms with van der Waals surface area (Å²) in [4.78, 5) is 0. The molecule has 0 bridgehead atoms. The fourth-order valence-electron chi connectivity index (χ4n) is 1.64. The van der Waals surface area contributed by atoms with Crippen molar-refractivity contribution in [2.45, 2.75) is 18.9 Å². The van der Waals surface area contributed by atoms with Gasteiger partial charge < -0.3 is 10.1 Å². The van der Waals surface area contributed by atoms with Crippen molar-refractivity contribution in [2.24, 2.45) is 0 Å². The fourth-order valence-corrected chi connectivity index (χ4v) is 1.83. The van der Waals surface area contributed by atoms with Gasteiger partial charge in [-0.3, -0.25) is 0 Å². The molecule has 1 saturated heterocycles. The van der Waals surface area contributed by atoms with Crippen molar-refractivity contribution < 1.29 is 4.74 Å². The van der Waals surface area contributed by atoms with Gasteiger partial charge in [0.1, 0.15) is 0 Å². The predicted octanol–water partition coefficient (Wildman–Crippen LogP) is 2.93.